The SMILES string of the molecule is Cc1ccc(Cn2c(C)cc(=O)c(C(=O)Nc3ccccc3Cl)c2-c2cccc(C)c2)cc1. The van der Waals surface area contributed by atoms with Gasteiger partial charge >= 0.3 is 0 Å². The second-order valence-corrected chi connectivity index (χ2v) is 8.66. The molecule has 0 aliphatic carbocycles. The fourth-order valence-corrected chi connectivity index (χ4v) is 4.09. The van der Waals surface area contributed by atoms with Crippen molar-refractivity contribution in [1.29, 1.82) is 0 Å². The number of aromatic nitrogens is 1. The van der Waals surface area contributed by atoms with Crippen molar-refractivity contribution in [2.24, 2.45) is 0 Å². The van der Waals surface area contributed by atoms with Gasteiger partial charge < -0.3 is 9.88 Å². The average molecular weight is 457 g/mol. The number of aryl methyl sites for hydroxylation is 3. The molecule has 4 rings (SSSR count). The molecule has 3 aromatic carbocycles. The van der Waals surface area contributed by atoms with Gasteiger partial charge in [0.2, 0.25) is 0 Å². The number of hydrogen-bond acceptors (Lipinski definition) is 2. The first-order valence-corrected chi connectivity index (χ1v) is 11.1. The summed E-state index contributed by atoms with van der Waals surface area (Å²) in [4.78, 5) is 26.6. The number of carbonyl (C=O) groups is 1. The molecular formula is C28H25ClN2O2. The maximum Gasteiger partial charge on any atom is 0.261 e. The third-order valence-corrected chi connectivity index (χ3v) is 5.95. The van der Waals surface area contributed by atoms with Gasteiger partial charge in [-0.3, -0.25) is 9.59 Å². The molecular weight excluding hydrogens is 432 g/mol. The van der Waals surface area contributed by atoms with Crippen LogP contribution in [0.25, 0.3) is 11.3 Å². The lowest BCUT2D eigenvalue weighted by atomic mass is 10.0. The van der Waals surface area contributed by atoms with Crippen LogP contribution in [0.4, 0.5) is 5.69 Å². The zero-order chi connectivity index (χ0) is 23.5. The normalized spacial score (nSPS) is 10.8. The molecule has 0 aliphatic heterocycles. The molecule has 0 radical (unpaired) electrons. The van der Waals surface area contributed by atoms with Gasteiger partial charge in [-0.2, -0.15) is 0 Å². The third-order valence-electron chi connectivity index (χ3n) is 5.62. The van der Waals surface area contributed by atoms with E-state index in [1.807, 2.05) is 49.6 Å². The number of benzene rings is 3. The van der Waals surface area contributed by atoms with E-state index in [1.54, 1.807) is 24.3 Å². The first kappa shape index (κ1) is 22.6. The molecule has 1 heterocycles. The Balaban J connectivity index is 1.91. The highest BCUT2D eigenvalue weighted by Crippen LogP contribution is 2.27. The summed E-state index contributed by atoms with van der Waals surface area (Å²) in [6, 6.07) is 24.6. The van der Waals surface area contributed by atoms with Crippen LogP contribution < -0.4 is 10.7 Å². The predicted molar refractivity (Wildman–Crippen MR) is 135 cm³/mol. The van der Waals surface area contributed by atoms with E-state index in [0.717, 1.165) is 22.4 Å². The molecule has 1 aromatic heterocycles. The van der Waals surface area contributed by atoms with Crippen molar-refractivity contribution in [3.05, 3.63) is 122 Å². The topological polar surface area (TPSA) is 51.1 Å². The van der Waals surface area contributed by atoms with Crippen LogP contribution in [0.5, 0.6) is 0 Å². The van der Waals surface area contributed by atoms with Crippen LogP contribution in [0.3, 0.4) is 0 Å². The van der Waals surface area contributed by atoms with Crippen molar-refractivity contribution in [2.75, 3.05) is 5.32 Å². The minimum atomic E-state index is -0.484. The average Bonchev–Trinajstić information content (AvgIpc) is 2.78. The zero-order valence-electron chi connectivity index (χ0n) is 18.9. The van der Waals surface area contributed by atoms with Crippen molar-refractivity contribution < 1.29 is 4.79 Å². The minimum absolute atomic E-state index is 0.0956. The first-order chi connectivity index (χ1) is 15.8. The highest BCUT2D eigenvalue weighted by atomic mass is 35.5. The van der Waals surface area contributed by atoms with E-state index in [1.165, 1.54) is 11.6 Å². The second kappa shape index (κ2) is 9.47. The minimum Gasteiger partial charge on any atom is -0.340 e. The Labute approximate surface area is 198 Å². The Morgan fingerprint density at radius 2 is 1.61 bits per heavy atom. The van der Waals surface area contributed by atoms with Gasteiger partial charge in [-0.1, -0.05) is 77.3 Å². The van der Waals surface area contributed by atoms with Crippen molar-refractivity contribution >= 4 is 23.2 Å². The van der Waals surface area contributed by atoms with Gasteiger partial charge in [0.25, 0.3) is 5.91 Å². The molecule has 0 spiro atoms. The van der Waals surface area contributed by atoms with Crippen LogP contribution in [0.2, 0.25) is 5.02 Å². The number of amides is 1. The summed E-state index contributed by atoms with van der Waals surface area (Å²) in [6.07, 6.45) is 0. The number of nitrogens with zero attached hydrogens (tertiary/aromatic N) is 1. The Kier molecular flexibility index (Phi) is 6.47. The van der Waals surface area contributed by atoms with Gasteiger partial charge in [-0.15, -0.1) is 0 Å². The largest absolute Gasteiger partial charge is 0.340 e. The maximum atomic E-state index is 13.4. The number of nitrogens with one attached hydrogen (secondary N) is 1. The van der Waals surface area contributed by atoms with E-state index in [4.69, 9.17) is 11.6 Å². The monoisotopic (exact) mass is 456 g/mol. The van der Waals surface area contributed by atoms with E-state index >= 15 is 0 Å². The van der Waals surface area contributed by atoms with Gasteiger partial charge in [0.1, 0.15) is 5.56 Å². The van der Waals surface area contributed by atoms with Crippen molar-refractivity contribution in [3.8, 4) is 11.3 Å². The maximum absolute atomic E-state index is 13.4. The van der Waals surface area contributed by atoms with Crippen LogP contribution in [0, 0.1) is 20.8 Å². The van der Waals surface area contributed by atoms with Crippen LogP contribution in [0.15, 0.2) is 83.7 Å². The lowest BCUT2D eigenvalue weighted by Crippen LogP contribution is -2.27. The van der Waals surface area contributed by atoms with Crippen molar-refractivity contribution in [1.82, 2.24) is 4.57 Å². The molecule has 0 bridgehead atoms. The number of carbonyl (C=O) groups excluding carboxylic acids is 1. The summed E-state index contributed by atoms with van der Waals surface area (Å²) in [7, 11) is 0. The fourth-order valence-electron chi connectivity index (χ4n) is 3.91. The second-order valence-electron chi connectivity index (χ2n) is 8.25. The zero-order valence-corrected chi connectivity index (χ0v) is 19.6. The van der Waals surface area contributed by atoms with Gasteiger partial charge in [0, 0.05) is 18.3 Å². The summed E-state index contributed by atoms with van der Waals surface area (Å²) in [5.41, 5.74) is 5.72. The van der Waals surface area contributed by atoms with Crippen LogP contribution in [-0.4, -0.2) is 10.5 Å². The molecule has 0 saturated heterocycles. The Morgan fingerprint density at radius 1 is 0.879 bits per heavy atom. The van der Waals surface area contributed by atoms with Crippen LogP contribution in [-0.2, 0) is 6.54 Å². The molecule has 1 N–H and O–H groups in total. The highest BCUT2D eigenvalue weighted by Gasteiger charge is 2.22. The number of halogens is 1. The molecule has 4 nitrogen and oxygen atoms in total. The summed E-state index contributed by atoms with van der Waals surface area (Å²) in [5.74, 6) is -0.484. The summed E-state index contributed by atoms with van der Waals surface area (Å²) >= 11 is 6.25. The Bertz CT molecular complexity index is 1390. The fraction of sp³-hybridized carbons (Fsp3) is 0.143. The standard InChI is InChI=1S/C28H25ClN2O2/c1-18-11-13-21(14-12-18)17-31-20(3)16-25(32)26(27(31)22-8-6-7-19(2)15-22)28(33)30-24-10-5-4-9-23(24)29/h4-16H,17H2,1-3H3,(H,30,33). The molecule has 0 atom stereocenters. The van der Waals surface area contributed by atoms with Gasteiger partial charge in [0.05, 0.1) is 16.4 Å². The van der Waals surface area contributed by atoms with E-state index in [9.17, 15) is 9.59 Å². The molecule has 33 heavy (non-hydrogen) atoms. The number of hydrogen-bond donors (Lipinski definition) is 1. The number of rotatable bonds is 5. The van der Waals surface area contributed by atoms with E-state index in [2.05, 4.69) is 29.6 Å². The van der Waals surface area contributed by atoms with Crippen LogP contribution >= 0.6 is 11.6 Å². The summed E-state index contributed by atoms with van der Waals surface area (Å²) < 4.78 is 2.03. The smallest absolute Gasteiger partial charge is 0.261 e. The molecule has 5 heteroatoms. The molecule has 0 unspecified atom stereocenters. The quantitative estimate of drug-likeness (QED) is 0.378. The number of pyridine rings is 1. The van der Waals surface area contributed by atoms with E-state index < -0.39 is 5.91 Å². The van der Waals surface area contributed by atoms with E-state index in [-0.39, 0.29) is 11.0 Å². The molecule has 4 aromatic rings. The molecule has 1 amide bonds. The molecule has 0 aliphatic rings. The lowest BCUT2D eigenvalue weighted by molar-refractivity contribution is 0.102. The van der Waals surface area contributed by atoms with Gasteiger partial charge in [-0.25, -0.2) is 0 Å². The summed E-state index contributed by atoms with van der Waals surface area (Å²) in [5, 5.41) is 3.24. The first-order valence-electron chi connectivity index (χ1n) is 10.8. The van der Waals surface area contributed by atoms with Crippen molar-refractivity contribution in [3.63, 3.8) is 0 Å². The number of anilines is 1. The van der Waals surface area contributed by atoms with Gasteiger partial charge in [-0.05, 0) is 50.1 Å². The highest BCUT2D eigenvalue weighted by molar-refractivity contribution is 6.34. The van der Waals surface area contributed by atoms with Gasteiger partial charge in [0.15, 0.2) is 5.43 Å². The predicted octanol–water partition coefficient (Wildman–Crippen LogP) is 6.39. The number of para-hydroxylation sites is 1. The Hall–Kier alpha value is -3.63. The Morgan fingerprint density at radius 3 is 2.30 bits per heavy atom. The molecule has 0 fully saturated rings. The van der Waals surface area contributed by atoms with Crippen molar-refractivity contribution in [2.45, 2.75) is 27.3 Å². The molecule has 0 saturated carbocycles. The summed E-state index contributed by atoms with van der Waals surface area (Å²) in [6.45, 7) is 6.46. The molecule has 166 valence electrons. The van der Waals surface area contributed by atoms with E-state index in [0.29, 0.717) is 22.9 Å². The third kappa shape index (κ3) is 4.91. The van der Waals surface area contributed by atoms with Crippen LogP contribution in [0.1, 0.15) is 32.7 Å². The lowest BCUT2D eigenvalue weighted by Gasteiger charge is -2.21.